The summed E-state index contributed by atoms with van der Waals surface area (Å²) < 4.78 is 10.7. The summed E-state index contributed by atoms with van der Waals surface area (Å²) in [5.41, 5.74) is 0.568. The van der Waals surface area contributed by atoms with Gasteiger partial charge < -0.3 is 19.5 Å². The molecule has 1 N–H and O–H groups in total. The van der Waals surface area contributed by atoms with E-state index in [4.69, 9.17) is 14.6 Å². The molecule has 0 unspecified atom stereocenters. The fraction of sp³-hybridized carbons (Fsp3) is 0.438. The fourth-order valence-electron chi connectivity index (χ4n) is 2.37. The number of hydrogen-bond donors (Lipinski definition) is 1. The van der Waals surface area contributed by atoms with Crippen LogP contribution in [-0.2, 0) is 14.3 Å². The van der Waals surface area contributed by atoms with Crippen molar-refractivity contribution in [1.82, 2.24) is 4.90 Å². The number of rotatable bonds is 6. The molecule has 0 saturated carbocycles. The predicted octanol–water partition coefficient (Wildman–Crippen LogP) is 0.970. The maximum Gasteiger partial charge on any atom is 0.305 e. The van der Waals surface area contributed by atoms with E-state index in [9.17, 15) is 14.4 Å². The molecule has 1 fully saturated rings. The highest BCUT2D eigenvalue weighted by molar-refractivity contribution is 5.94. The van der Waals surface area contributed by atoms with Gasteiger partial charge in [-0.05, 0) is 31.2 Å². The Hall–Kier alpha value is -2.41. The summed E-state index contributed by atoms with van der Waals surface area (Å²) in [4.78, 5) is 35.8. The van der Waals surface area contributed by atoms with Crippen LogP contribution in [0.2, 0.25) is 0 Å². The third kappa shape index (κ3) is 4.79. The molecular formula is C16H19NO6. The maximum absolute atomic E-state index is 12.2. The second kappa shape index (κ2) is 7.73. The number of morpholine rings is 1. The first-order chi connectivity index (χ1) is 11.0. The van der Waals surface area contributed by atoms with Gasteiger partial charge in [0.1, 0.15) is 5.75 Å². The molecule has 1 amide bonds. The summed E-state index contributed by atoms with van der Waals surface area (Å²) >= 11 is 0. The van der Waals surface area contributed by atoms with Gasteiger partial charge in [0.05, 0.1) is 25.7 Å². The van der Waals surface area contributed by atoms with Crippen LogP contribution in [-0.4, -0.2) is 60.1 Å². The minimum Gasteiger partial charge on any atom is -0.484 e. The minimum atomic E-state index is -0.973. The predicted molar refractivity (Wildman–Crippen MR) is 80.5 cm³/mol. The third-order valence-corrected chi connectivity index (χ3v) is 3.58. The average Bonchev–Trinajstić information content (AvgIpc) is 2.53. The standard InChI is InChI=1S/C16H19NO6/c1-11(18)12-2-4-14(5-3-12)23-10-15(19)17-6-7-22-9-13(17)8-16(20)21/h2-5,13H,6-10H2,1H3,(H,20,21)/t13-/m0/s1. The van der Waals surface area contributed by atoms with Crippen molar-refractivity contribution in [2.75, 3.05) is 26.4 Å². The monoisotopic (exact) mass is 321 g/mol. The third-order valence-electron chi connectivity index (χ3n) is 3.58. The van der Waals surface area contributed by atoms with Gasteiger partial charge in [-0.1, -0.05) is 0 Å². The number of Topliss-reactive ketones (excluding diaryl/α,β-unsaturated/α-hetero) is 1. The second-order valence-electron chi connectivity index (χ2n) is 5.28. The first-order valence-corrected chi connectivity index (χ1v) is 7.30. The molecule has 0 bridgehead atoms. The fourth-order valence-corrected chi connectivity index (χ4v) is 2.37. The van der Waals surface area contributed by atoms with E-state index in [0.717, 1.165) is 0 Å². The quantitative estimate of drug-likeness (QED) is 0.785. The van der Waals surface area contributed by atoms with E-state index >= 15 is 0 Å². The van der Waals surface area contributed by atoms with Crippen LogP contribution in [0.15, 0.2) is 24.3 Å². The highest BCUT2D eigenvalue weighted by Gasteiger charge is 2.29. The number of carbonyl (C=O) groups is 3. The number of ether oxygens (including phenoxy) is 2. The molecule has 1 aliphatic rings. The van der Waals surface area contributed by atoms with Crippen LogP contribution in [0.3, 0.4) is 0 Å². The minimum absolute atomic E-state index is 0.0440. The molecule has 7 nitrogen and oxygen atoms in total. The van der Waals surface area contributed by atoms with Gasteiger partial charge in [0.25, 0.3) is 5.91 Å². The Balaban J connectivity index is 1.92. The molecule has 2 rings (SSSR count). The van der Waals surface area contributed by atoms with Crippen LogP contribution >= 0.6 is 0 Å². The van der Waals surface area contributed by atoms with E-state index in [1.807, 2.05) is 0 Å². The number of amides is 1. The Labute approximate surface area is 133 Å². The van der Waals surface area contributed by atoms with Crippen molar-refractivity contribution in [3.63, 3.8) is 0 Å². The van der Waals surface area contributed by atoms with E-state index in [2.05, 4.69) is 0 Å². The Morgan fingerprint density at radius 2 is 2.00 bits per heavy atom. The van der Waals surface area contributed by atoms with Crippen LogP contribution in [0.25, 0.3) is 0 Å². The summed E-state index contributed by atoms with van der Waals surface area (Å²) in [5.74, 6) is -0.821. The number of benzene rings is 1. The lowest BCUT2D eigenvalue weighted by Crippen LogP contribution is -2.51. The van der Waals surface area contributed by atoms with Gasteiger partial charge in [0.15, 0.2) is 12.4 Å². The van der Waals surface area contributed by atoms with Crippen LogP contribution in [0.1, 0.15) is 23.7 Å². The molecule has 0 spiro atoms. The molecule has 1 heterocycles. The maximum atomic E-state index is 12.2. The normalized spacial score (nSPS) is 17.6. The molecule has 1 aromatic rings. The van der Waals surface area contributed by atoms with E-state index in [0.29, 0.717) is 24.5 Å². The highest BCUT2D eigenvalue weighted by atomic mass is 16.5. The highest BCUT2D eigenvalue weighted by Crippen LogP contribution is 2.15. The molecule has 7 heteroatoms. The lowest BCUT2D eigenvalue weighted by molar-refractivity contribution is -0.147. The van der Waals surface area contributed by atoms with Crippen molar-refractivity contribution in [2.45, 2.75) is 19.4 Å². The molecule has 124 valence electrons. The second-order valence-corrected chi connectivity index (χ2v) is 5.28. The molecule has 1 saturated heterocycles. The number of carbonyl (C=O) groups excluding carboxylic acids is 2. The molecule has 1 aliphatic heterocycles. The number of nitrogens with zero attached hydrogens (tertiary/aromatic N) is 1. The van der Waals surface area contributed by atoms with Gasteiger partial charge in [-0.2, -0.15) is 0 Å². The van der Waals surface area contributed by atoms with Gasteiger partial charge in [0.2, 0.25) is 0 Å². The van der Waals surface area contributed by atoms with E-state index < -0.39 is 12.0 Å². The SMILES string of the molecule is CC(=O)c1ccc(OCC(=O)N2CCOC[C@@H]2CC(=O)O)cc1. The van der Waals surface area contributed by atoms with Crippen molar-refractivity contribution < 1.29 is 29.0 Å². The average molecular weight is 321 g/mol. The topological polar surface area (TPSA) is 93.1 Å². The van der Waals surface area contributed by atoms with Crippen molar-refractivity contribution in [1.29, 1.82) is 0 Å². The Kier molecular flexibility index (Phi) is 5.70. The van der Waals surface area contributed by atoms with Crippen LogP contribution in [0.4, 0.5) is 0 Å². The zero-order chi connectivity index (χ0) is 16.8. The smallest absolute Gasteiger partial charge is 0.305 e. The van der Waals surface area contributed by atoms with Crippen molar-refractivity contribution in [2.24, 2.45) is 0 Å². The molecule has 0 aliphatic carbocycles. The number of hydrogen-bond acceptors (Lipinski definition) is 5. The zero-order valence-corrected chi connectivity index (χ0v) is 12.9. The summed E-state index contributed by atoms with van der Waals surface area (Å²) in [6, 6.07) is 6.03. The summed E-state index contributed by atoms with van der Waals surface area (Å²) in [6.45, 7) is 2.24. The van der Waals surface area contributed by atoms with Gasteiger partial charge in [-0.25, -0.2) is 0 Å². The Bertz CT molecular complexity index is 583. The van der Waals surface area contributed by atoms with Crippen LogP contribution in [0.5, 0.6) is 5.75 Å². The lowest BCUT2D eigenvalue weighted by Gasteiger charge is -2.34. The molecular weight excluding hydrogens is 302 g/mol. The molecule has 1 aromatic carbocycles. The Morgan fingerprint density at radius 1 is 1.30 bits per heavy atom. The van der Waals surface area contributed by atoms with Gasteiger partial charge in [0, 0.05) is 12.1 Å². The lowest BCUT2D eigenvalue weighted by atomic mass is 10.1. The van der Waals surface area contributed by atoms with Crippen molar-refractivity contribution >= 4 is 17.7 Å². The number of aliphatic carboxylic acids is 1. The van der Waals surface area contributed by atoms with E-state index in [-0.39, 0.29) is 31.3 Å². The van der Waals surface area contributed by atoms with Crippen molar-refractivity contribution in [3.8, 4) is 5.75 Å². The van der Waals surface area contributed by atoms with Gasteiger partial charge >= 0.3 is 5.97 Å². The summed E-state index contributed by atoms with van der Waals surface area (Å²) in [6.07, 6.45) is -0.154. The molecule has 1 atom stereocenters. The number of carboxylic acid groups (broad SMARTS) is 1. The molecule has 23 heavy (non-hydrogen) atoms. The molecule has 0 radical (unpaired) electrons. The summed E-state index contributed by atoms with van der Waals surface area (Å²) in [7, 11) is 0. The number of carboxylic acids is 1. The largest absolute Gasteiger partial charge is 0.484 e. The summed E-state index contributed by atoms with van der Waals surface area (Å²) in [5, 5.41) is 8.89. The van der Waals surface area contributed by atoms with Crippen LogP contribution in [0, 0.1) is 0 Å². The van der Waals surface area contributed by atoms with Gasteiger partial charge in [-0.15, -0.1) is 0 Å². The first kappa shape index (κ1) is 17.0. The van der Waals surface area contributed by atoms with Crippen molar-refractivity contribution in [3.05, 3.63) is 29.8 Å². The van der Waals surface area contributed by atoms with E-state index in [1.54, 1.807) is 24.3 Å². The molecule has 0 aromatic heterocycles. The Morgan fingerprint density at radius 3 is 2.61 bits per heavy atom. The van der Waals surface area contributed by atoms with Crippen LogP contribution < -0.4 is 4.74 Å². The van der Waals surface area contributed by atoms with E-state index in [1.165, 1.54) is 11.8 Å². The zero-order valence-electron chi connectivity index (χ0n) is 12.9. The van der Waals surface area contributed by atoms with Gasteiger partial charge in [-0.3, -0.25) is 14.4 Å². The number of ketones is 1. The first-order valence-electron chi connectivity index (χ1n) is 7.30.